The lowest BCUT2D eigenvalue weighted by molar-refractivity contribution is 0.445. The highest BCUT2D eigenvalue weighted by Crippen LogP contribution is 2.23. The van der Waals surface area contributed by atoms with E-state index < -0.39 is 0 Å². The third-order valence-corrected chi connectivity index (χ3v) is 4.04. The molecule has 0 fully saturated rings. The predicted molar refractivity (Wildman–Crippen MR) is 86.5 cm³/mol. The van der Waals surface area contributed by atoms with E-state index in [0.717, 1.165) is 0 Å². The molecule has 1 atom stereocenters. The number of hydrogen-bond acceptors (Lipinski definition) is 1. The molecule has 1 N–H and O–H groups in total. The van der Waals surface area contributed by atoms with Gasteiger partial charge in [0.15, 0.2) is 0 Å². The van der Waals surface area contributed by atoms with Gasteiger partial charge in [0.25, 0.3) is 0 Å². The van der Waals surface area contributed by atoms with Crippen LogP contribution in [0.5, 0.6) is 0 Å². The van der Waals surface area contributed by atoms with Gasteiger partial charge in [0, 0.05) is 6.04 Å². The van der Waals surface area contributed by atoms with Gasteiger partial charge in [-0.05, 0) is 64.3 Å². The molecule has 1 aliphatic rings. The molecule has 19 heavy (non-hydrogen) atoms. The summed E-state index contributed by atoms with van der Waals surface area (Å²) in [5, 5.41) is 3.75. The van der Waals surface area contributed by atoms with Crippen LogP contribution >= 0.6 is 0 Å². The third-order valence-electron chi connectivity index (χ3n) is 4.04. The van der Waals surface area contributed by atoms with Crippen molar-refractivity contribution in [2.24, 2.45) is 0 Å². The number of unbranched alkanes of at least 4 members (excludes halogenated alkanes) is 3. The maximum Gasteiger partial charge on any atom is 0.0104 e. The van der Waals surface area contributed by atoms with E-state index in [1.807, 2.05) is 6.08 Å². The normalized spacial score (nSPS) is 17.0. The van der Waals surface area contributed by atoms with Crippen molar-refractivity contribution >= 4 is 0 Å². The summed E-state index contributed by atoms with van der Waals surface area (Å²) in [6, 6.07) is 0.716. The van der Waals surface area contributed by atoms with Crippen molar-refractivity contribution in [1.82, 2.24) is 5.32 Å². The molecule has 0 aromatic carbocycles. The van der Waals surface area contributed by atoms with Crippen molar-refractivity contribution in [2.45, 2.75) is 83.6 Å². The quantitative estimate of drug-likeness (QED) is 0.390. The summed E-state index contributed by atoms with van der Waals surface area (Å²) in [6.07, 6.45) is 19.1. The van der Waals surface area contributed by atoms with Gasteiger partial charge in [0.1, 0.15) is 0 Å². The standard InChI is InChI=1S/C18H33N/c1-3-5-6-7-11-14-18(19-15-4-2)16-17-12-9-8-10-13-17/h3,12,18-19H,1,4-11,13-16H2,2H3. The van der Waals surface area contributed by atoms with Gasteiger partial charge in [0.05, 0.1) is 0 Å². The Morgan fingerprint density at radius 3 is 2.89 bits per heavy atom. The first-order valence-corrected chi connectivity index (χ1v) is 8.39. The minimum absolute atomic E-state index is 0.716. The summed E-state index contributed by atoms with van der Waals surface area (Å²) >= 11 is 0. The summed E-state index contributed by atoms with van der Waals surface area (Å²) in [5.74, 6) is 0. The van der Waals surface area contributed by atoms with Gasteiger partial charge < -0.3 is 5.32 Å². The number of rotatable bonds is 11. The van der Waals surface area contributed by atoms with Crippen LogP contribution < -0.4 is 5.32 Å². The second-order valence-corrected chi connectivity index (χ2v) is 5.89. The number of nitrogens with one attached hydrogen (secondary N) is 1. The van der Waals surface area contributed by atoms with Gasteiger partial charge in [-0.3, -0.25) is 0 Å². The van der Waals surface area contributed by atoms with E-state index in [4.69, 9.17) is 0 Å². The van der Waals surface area contributed by atoms with E-state index in [2.05, 4.69) is 24.9 Å². The van der Waals surface area contributed by atoms with Crippen molar-refractivity contribution in [3.8, 4) is 0 Å². The van der Waals surface area contributed by atoms with Crippen LogP contribution in [0.1, 0.15) is 77.6 Å². The smallest absolute Gasteiger partial charge is 0.0104 e. The molecule has 0 radical (unpaired) electrons. The van der Waals surface area contributed by atoms with E-state index in [1.54, 1.807) is 5.57 Å². The first kappa shape index (κ1) is 16.5. The van der Waals surface area contributed by atoms with Crippen LogP contribution in [0.3, 0.4) is 0 Å². The maximum absolute atomic E-state index is 3.79. The molecule has 0 saturated carbocycles. The van der Waals surface area contributed by atoms with Gasteiger partial charge in [-0.1, -0.05) is 37.5 Å². The molecule has 1 heteroatoms. The molecule has 0 aromatic rings. The second kappa shape index (κ2) is 11.3. The zero-order valence-corrected chi connectivity index (χ0v) is 12.9. The minimum atomic E-state index is 0.716. The van der Waals surface area contributed by atoms with Crippen molar-refractivity contribution in [2.75, 3.05) is 6.54 Å². The Morgan fingerprint density at radius 2 is 2.21 bits per heavy atom. The summed E-state index contributed by atoms with van der Waals surface area (Å²) < 4.78 is 0. The predicted octanol–water partition coefficient (Wildman–Crippen LogP) is 5.38. The average Bonchev–Trinajstić information content (AvgIpc) is 2.45. The zero-order valence-electron chi connectivity index (χ0n) is 12.9. The lowest BCUT2D eigenvalue weighted by Crippen LogP contribution is -2.30. The lowest BCUT2D eigenvalue weighted by atomic mass is 9.92. The summed E-state index contributed by atoms with van der Waals surface area (Å²) in [4.78, 5) is 0. The SMILES string of the molecule is C=CCCCCCC(CC1=CCCCC1)NCCC. The fraction of sp³-hybridized carbons (Fsp3) is 0.778. The molecule has 1 unspecified atom stereocenters. The van der Waals surface area contributed by atoms with Crippen molar-refractivity contribution in [3.05, 3.63) is 24.3 Å². The van der Waals surface area contributed by atoms with Gasteiger partial charge in [-0.15, -0.1) is 6.58 Å². The third kappa shape index (κ3) is 8.26. The molecular weight excluding hydrogens is 230 g/mol. The molecule has 1 aliphatic carbocycles. The Morgan fingerprint density at radius 1 is 1.32 bits per heavy atom. The highest BCUT2D eigenvalue weighted by atomic mass is 14.9. The fourth-order valence-electron chi connectivity index (χ4n) is 2.89. The summed E-state index contributed by atoms with van der Waals surface area (Å²) in [5.41, 5.74) is 1.71. The van der Waals surface area contributed by atoms with Crippen molar-refractivity contribution in [3.63, 3.8) is 0 Å². The highest BCUT2D eigenvalue weighted by molar-refractivity contribution is 5.07. The fourth-order valence-corrected chi connectivity index (χ4v) is 2.89. The largest absolute Gasteiger partial charge is 0.314 e. The zero-order chi connectivity index (χ0) is 13.8. The van der Waals surface area contributed by atoms with Gasteiger partial charge >= 0.3 is 0 Å². The summed E-state index contributed by atoms with van der Waals surface area (Å²) in [6.45, 7) is 7.22. The Kier molecular flexibility index (Phi) is 9.79. The van der Waals surface area contributed by atoms with Crippen LogP contribution in [0.15, 0.2) is 24.3 Å². The van der Waals surface area contributed by atoms with Gasteiger partial charge in [0.2, 0.25) is 0 Å². The van der Waals surface area contributed by atoms with Crippen molar-refractivity contribution in [1.29, 1.82) is 0 Å². The molecule has 0 aliphatic heterocycles. The number of hydrogen-bond donors (Lipinski definition) is 1. The monoisotopic (exact) mass is 263 g/mol. The molecule has 110 valence electrons. The average molecular weight is 263 g/mol. The van der Waals surface area contributed by atoms with Crippen LogP contribution in [-0.4, -0.2) is 12.6 Å². The molecule has 0 spiro atoms. The van der Waals surface area contributed by atoms with Crippen LogP contribution in [0.25, 0.3) is 0 Å². The first-order chi connectivity index (χ1) is 9.36. The van der Waals surface area contributed by atoms with E-state index in [0.29, 0.717) is 6.04 Å². The van der Waals surface area contributed by atoms with E-state index in [1.165, 1.54) is 77.2 Å². The molecule has 0 amide bonds. The maximum atomic E-state index is 3.79. The van der Waals surface area contributed by atoms with E-state index in [-0.39, 0.29) is 0 Å². The second-order valence-electron chi connectivity index (χ2n) is 5.89. The molecule has 1 rings (SSSR count). The Bertz CT molecular complexity index is 254. The van der Waals surface area contributed by atoms with Gasteiger partial charge in [-0.2, -0.15) is 0 Å². The molecular formula is C18H33N. The Hall–Kier alpha value is -0.560. The van der Waals surface area contributed by atoms with Gasteiger partial charge in [-0.25, -0.2) is 0 Å². The molecule has 0 aromatic heterocycles. The first-order valence-electron chi connectivity index (χ1n) is 8.39. The van der Waals surface area contributed by atoms with Crippen LogP contribution in [-0.2, 0) is 0 Å². The lowest BCUT2D eigenvalue weighted by Gasteiger charge is -2.22. The topological polar surface area (TPSA) is 12.0 Å². The van der Waals surface area contributed by atoms with Crippen molar-refractivity contribution < 1.29 is 0 Å². The Labute approximate surface area is 120 Å². The Balaban J connectivity index is 2.24. The molecule has 0 bridgehead atoms. The van der Waals surface area contributed by atoms with Crippen LogP contribution in [0.4, 0.5) is 0 Å². The van der Waals surface area contributed by atoms with Crippen LogP contribution in [0, 0.1) is 0 Å². The molecule has 0 heterocycles. The molecule has 0 saturated heterocycles. The highest BCUT2D eigenvalue weighted by Gasteiger charge is 2.12. The van der Waals surface area contributed by atoms with E-state index in [9.17, 15) is 0 Å². The minimum Gasteiger partial charge on any atom is -0.314 e. The molecule has 1 nitrogen and oxygen atoms in total. The number of allylic oxidation sites excluding steroid dienone is 2. The van der Waals surface area contributed by atoms with E-state index >= 15 is 0 Å². The van der Waals surface area contributed by atoms with Crippen LogP contribution in [0.2, 0.25) is 0 Å². The summed E-state index contributed by atoms with van der Waals surface area (Å²) in [7, 11) is 0.